The normalized spacial score (nSPS) is 13.9. The van der Waals surface area contributed by atoms with Gasteiger partial charge < -0.3 is 10.6 Å². The number of halogens is 1. The van der Waals surface area contributed by atoms with Crippen LogP contribution < -0.4 is 10.6 Å². The molecule has 0 atom stereocenters. The molecule has 2 aromatic carbocycles. The first-order valence-electron chi connectivity index (χ1n) is 10.6. The number of hydrogen-bond donors (Lipinski definition) is 2. The summed E-state index contributed by atoms with van der Waals surface area (Å²) in [6.07, 6.45) is 4.94. The Bertz CT molecular complexity index is 970. The fourth-order valence-electron chi connectivity index (χ4n) is 3.93. The molecular formula is C24H31IN6. The summed E-state index contributed by atoms with van der Waals surface area (Å²) in [5.41, 5.74) is 5.47. The maximum absolute atomic E-state index is 4.39. The van der Waals surface area contributed by atoms with E-state index in [1.165, 1.54) is 22.3 Å². The molecule has 0 fully saturated rings. The van der Waals surface area contributed by atoms with Gasteiger partial charge in [0.15, 0.2) is 5.96 Å². The topological polar surface area (TPSA) is 57.5 Å². The lowest BCUT2D eigenvalue weighted by Crippen LogP contribution is -2.42. The summed E-state index contributed by atoms with van der Waals surface area (Å²) in [5.74, 6) is 0.835. The molecule has 1 aromatic heterocycles. The van der Waals surface area contributed by atoms with Crippen molar-refractivity contribution in [1.29, 1.82) is 0 Å². The zero-order chi connectivity index (χ0) is 20.6. The minimum absolute atomic E-state index is 0. The molecule has 0 radical (unpaired) electrons. The summed E-state index contributed by atoms with van der Waals surface area (Å²) < 4.78 is 1.95. The fraction of sp³-hybridized carbons (Fsp3) is 0.333. The highest BCUT2D eigenvalue weighted by Crippen LogP contribution is 2.17. The van der Waals surface area contributed by atoms with Gasteiger partial charge in [0.1, 0.15) is 0 Å². The minimum atomic E-state index is 0. The van der Waals surface area contributed by atoms with Crippen molar-refractivity contribution in [1.82, 2.24) is 25.3 Å². The van der Waals surface area contributed by atoms with Gasteiger partial charge in [-0.25, -0.2) is 0 Å². The second-order valence-electron chi connectivity index (χ2n) is 7.62. The largest absolute Gasteiger partial charge is 0.355 e. The number of hydrogen-bond acceptors (Lipinski definition) is 3. The van der Waals surface area contributed by atoms with Gasteiger partial charge >= 0.3 is 0 Å². The summed E-state index contributed by atoms with van der Waals surface area (Å²) in [7, 11) is 1.82. The van der Waals surface area contributed by atoms with Crippen molar-refractivity contribution in [2.75, 3.05) is 26.7 Å². The van der Waals surface area contributed by atoms with Crippen LogP contribution in [0.4, 0.5) is 0 Å². The molecule has 6 nitrogen and oxygen atoms in total. The zero-order valence-electron chi connectivity index (χ0n) is 18.0. The van der Waals surface area contributed by atoms with E-state index in [0.717, 1.165) is 51.6 Å². The number of fused-ring (bicyclic) bond motifs is 1. The van der Waals surface area contributed by atoms with Crippen LogP contribution >= 0.6 is 24.0 Å². The SMILES string of the molecule is CN=C(NCCN1CCc2ccccc2C1)NCc1ccccc1Cn1cccn1.I. The van der Waals surface area contributed by atoms with Crippen molar-refractivity contribution in [3.8, 4) is 0 Å². The first kappa shape index (κ1) is 23.3. The average Bonchev–Trinajstić information content (AvgIpc) is 3.30. The lowest BCUT2D eigenvalue weighted by molar-refractivity contribution is 0.258. The lowest BCUT2D eigenvalue weighted by atomic mass is 10.00. The van der Waals surface area contributed by atoms with Crippen molar-refractivity contribution >= 4 is 29.9 Å². The van der Waals surface area contributed by atoms with Gasteiger partial charge in [0.05, 0.1) is 6.54 Å². The standard InChI is InChI=1S/C24H30N6.HI/c1-25-24(26-13-16-29-15-11-20-7-2-4-9-22(20)18-29)27-17-21-8-3-5-10-23(21)19-30-14-6-12-28-30;/h2-10,12,14H,11,13,15-19H2,1H3,(H2,25,26,27);1H. The molecule has 2 heterocycles. The van der Waals surface area contributed by atoms with E-state index in [2.05, 4.69) is 74.2 Å². The highest BCUT2D eigenvalue weighted by atomic mass is 127. The number of rotatable bonds is 7. The Morgan fingerprint density at radius 1 is 1.00 bits per heavy atom. The molecule has 0 amide bonds. The third-order valence-corrected chi connectivity index (χ3v) is 5.61. The molecule has 0 unspecified atom stereocenters. The predicted octanol–water partition coefficient (Wildman–Crippen LogP) is 3.27. The van der Waals surface area contributed by atoms with Crippen LogP contribution in [-0.4, -0.2) is 47.3 Å². The molecule has 0 spiro atoms. The quantitative estimate of drug-likeness (QED) is 0.280. The van der Waals surface area contributed by atoms with Gasteiger partial charge in [-0.1, -0.05) is 48.5 Å². The third-order valence-electron chi connectivity index (χ3n) is 5.61. The number of benzene rings is 2. The lowest BCUT2D eigenvalue weighted by Gasteiger charge is -2.28. The first-order valence-corrected chi connectivity index (χ1v) is 10.6. The van der Waals surface area contributed by atoms with E-state index in [4.69, 9.17) is 0 Å². The minimum Gasteiger partial charge on any atom is -0.355 e. The van der Waals surface area contributed by atoms with Gasteiger partial charge in [-0.2, -0.15) is 5.10 Å². The van der Waals surface area contributed by atoms with E-state index in [0.29, 0.717) is 0 Å². The molecule has 2 N–H and O–H groups in total. The monoisotopic (exact) mass is 530 g/mol. The van der Waals surface area contributed by atoms with E-state index >= 15 is 0 Å². The first-order chi connectivity index (χ1) is 14.8. The Kier molecular flexibility index (Phi) is 8.90. The Balaban J connectivity index is 0.00000272. The maximum Gasteiger partial charge on any atom is 0.191 e. The molecule has 31 heavy (non-hydrogen) atoms. The smallest absolute Gasteiger partial charge is 0.191 e. The molecule has 1 aliphatic heterocycles. The predicted molar refractivity (Wildman–Crippen MR) is 137 cm³/mol. The van der Waals surface area contributed by atoms with E-state index in [1.54, 1.807) is 0 Å². The van der Waals surface area contributed by atoms with Crippen molar-refractivity contribution in [3.63, 3.8) is 0 Å². The van der Waals surface area contributed by atoms with E-state index in [-0.39, 0.29) is 24.0 Å². The number of nitrogens with zero attached hydrogens (tertiary/aromatic N) is 4. The Labute approximate surface area is 201 Å². The average molecular weight is 530 g/mol. The summed E-state index contributed by atoms with van der Waals surface area (Å²) >= 11 is 0. The number of guanidine groups is 1. The molecular weight excluding hydrogens is 499 g/mol. The van der Waals surface area contributed by atoms with Crippen molar-refractivity contribution < 1.29 is 0 Å². The van der Waals surface area contributed by atoms with Crippen LogP contribution in [0.1, 0.15) is 22.3 Å². The van der Waals surface area contributed by atoms with Gasteiger partial charge in [-0.05, 0) is 34.7 Å². The second-order valence-corrected chi connectivity index (χ2v) is 7.62. The van der Waals surface area contributed by atoms with E-state index in [9.17, 15) is 0 Å². The maximum atomic E-state index is 4.39. The highest BCUT2D eigenvalue weighted by Gasteiger charge is 2.15. The van der Waals surface area contributed by atoms with Crippen LogP contribution in [0, 0.1) is 0 Å². The van der Waals surface area contributed by atoms with Gasteiger partial charge in [0.25, 0.3) is 0 Å². The highest BCUT2D eigenvalue weighted by molar-refractivity contribution is 14.0. The Morgan fingerprint density at radius 3 is 2.55 bits per heavy atom. The second kappa shape index (κ2) is 11.9. The number of nitrogens with one attached hydrogen (secondary N) is 2. The molecule has 1 aliphatic rings. The van der Waals surface area contributed by atoms with Crippen LogP contribution in [-0.2, 0) is 26.1 Å². The summed E-state index contributed by atoms with van der Waals surface area (Å²) in [6, 6.07) is 19.2. The molecule has 0 saturated carbocycles. The summed E-state index contributed by atoms with van der Waals surface area (Å²) in [5, 5.41) is 11.2. The number of aromatic nitrogens is 2. The molecule has 3 aromatic rings. The van der Waals surface area contributed by atoms with Gasteiger partial charge in [-0.15, -0.1) is 24.0 Å². The zero-order valence-corrected chi connectivity index (χ0v) is 20.3. The molecule has 7 heteroatoms. The number of aliphatic imine (C=N–C) groups is 1. The van der Waals surface area contributed by atoms with Crippen LogP contribution in [0.2, 0.25) is 0 Å². The van der Waals surface area contributed by atoms with Gasteiger partial charge in [0, 0.05) is 52.2 Å². The van der Waals surface area contributed by atoms with Crippen LogP contribution in [0.5, 0.6) is 0 Å². The fourth-order valence-corrected chi connectivity index (χ4v) is 3.93. The summed E-state index contributed by atoms with van der Waals surface area (Å²) in [6.45, 7) is 5.53. The van der Waals surface area contributed by atoms with E-state index in [1.807, 2.05) is 30.2 Å². The Morgan fingerprint density at radius 2 is 1.77 bits per heavy atom. The molecule has 4 rings (SSSR count). The van der Waals surface area contributed by atoms with Gasteiger partial charge in [0.2, 0.25) is 0 Å². The Hall–Kier alpha value is -2.39. The molecule has 0 aliphatic carbocycles. The van der Waals surface area contributed by atoms with Crippen LogP contribution in [0.15, 0.2) is 72.0 Å². The molecule has 0 bridgehead atoms. The summed E-state index contributed by atoms with van der Waals surface area (Å²) in [4.78, 5) is 6.89. The molecule has 164 valence electrons. The van der Waals surface area contributed by atoms with Crippen molar-refractivity contribution in [2.24, 2.45) is 4.99 Å². The van der Waals surface area contributed by atoms with Crippen molar-refractivity contribution in [3.05, 3.63) is 89.2 Å². The van der Waals surface area contributed by atoms with Crippen LogP contribution in [0.25, 0.3) is 0 Å². The van der Waals surface area contributed by atoms with E-state index < -0.39 is 0 Å². The third kappa shape index (κ3) is 6.54. The molecule has 0 saturated heterocycles. The van der Waals surface area contributed by atoms with Gasteiger partial charge in [-0.3, -0.25) is 14.6 Å². The van der Waals surface area contributed by atoms with Crippen LogP contribution in [0.3, 0.4) is 0 Å². The van der Waals surface area contributed by atoms with Crippen molar-refractivity contribution in [2.45, 2.75) is 26.1 Å².